The van der Waals surface area contributed by atoms with E-state index >= 15 is 0 Å². The van der Waals surface area contributed by atoms with Crippen molar-refractivity contribution in [1.82, 2.24) is 0 Å². The van der Waals surface area contributed by atoms with E-state index in [-0.39, 0.29) is 40.6 Å². The summed E-state index contributed by atoms with van der Waals surface area (Å²) in [7, 11) is -2.61. The molecule has 0 saturated carbocycles. The Hall–Kier alpha value is 0.300. The van der Waals surface area contributed by atoms with Crippen LogP contribution in [-0.4, -0.2) is 49.7 Å². The first kappa shape index (κ1) is 13.9. The Morgan fingerprint density at radius 1 is 1.18 bits per heavy atom. The van der Waals surface area contributed by atoms with Gasteiger partial charge >= 0.3 is 57.9 Å². The van der Waals surface area contributed by atoms with Crippen LogP contribution in [0.4, 0.5) is 0 Å². The zero-order chi connectivity index (χ0) is 8.15. The molecule has 0 saturated heterocycles. The molecular weight excluding hydrogens is 199 g/mol. The smallest absolute Gasteiger partial charge is 1.00 e. The van der Waals surface area contributed by atoms with Gasteiger partial charge in [-0.25, -0.2) is 9.59 Å². The molecule has 7 heteroatoms. The Kier molecular flexibility index (Phi) is 8.79. The number of rotatable bonds is 2. The predicted molar refractivity (Wildman–Crippen MR) is 39.1 cm³/mol. The van der Waals surface area contributed by atoms with Crippen molar-refractivity contribution in [3.8, 4) is 0 Å². The largest absolute Gasteiger partial charge is 2.00 e. The van der Waals surface area contributed by atoms with Gasteiger partial charge in [-0.3, -0.25) is 0 Å². The summed E-state index contributed by atoms with van der Waals surface area (Å²) in [6.45, 7) is 2.13. The van der Waals surface area contributed by atoms with Crippen LogP contribution in [0.5, 0.6) is 0 Å². The van der Waals surface area contributed by atoms with Crippen molar-refractivity contribution in [2.45, 2.75) is 13.8 Å². The third kappa shape index (κ3) is 10.3. The van der Waals surface area contributed by atoms with Gasteiger partial charge in [0.25, 0.3) is 0 Å². The molecule has 0 aliphatic heterocycles. The molecule has 0 atom stereocenters. The first-order chi connectivity index (χ1) is 4.52. The molecule has 0 amide bonds. The molecule has 0 aromatic carbocycles. The summed E-state index contributed by atoms with van der Waals surface area (Å²) in [4.78, 5) is 20.1. The third-order valence-corrected chi connectivity index (χ3v) is 1.22. The maximum atomic E-state index is 10.3. The van der Waals surface area contributed by atoms with Crippen LogP contribution in [0, 0.1) is 0 Å². The molecule has 0 N–H and O–H groups in total. The molecule has 0 bridgehead atoms. The average molecular weight is 207 g/mol. The molecule has 0 aromatic rings. The molecule has 0 rings (SSSR count). The van der Waals surface area contributed by atoms with Crippen LogP contribution in [0.2, 0.25) is 0 Å². The Morgan fingerprint density at radius 2 is 1.45 bits per heavy atom. The maximum Gasteiger partial charge on any atom is 2.00 e. The predicted octanol–water partition coefficient (Wildman–Crippen LogP) is 0.614. The molecule has 5 nitrogen and oxygen atoms in total. The SMILES string of the molecule is CC(=O)O[P+](=O)OC(C)=O.[Ca+2].[H-].[H-]. The van der Waals surface area contributed by atoms with E-state index in [0.717, 1.165) is 13.8 Å². The number of carbonyl (C=O) groups excluding carboxylic acids is 2. The Morgan fingerprint density at radius 3 is 1.64 bits per heavy atom. The standard InChI is InChI=1S/C4H6O5P.Ca.2H/c1-3(5)8-10(7)9-4(2)6;;;/h1-2H3;;;/q+1;+2;2*-1. The monoisotopic (exact) mass is 207 g/mol. The van der Waals surface area contributed by atoms with Gasteiger partial charge in [-0.15, -0.1) is 0 Å². The Labute approximate surface area is 97.3 Å². The summed E-state index contributed by atoms with van der Waals surface area (Å²) in [5.74, 6) is -1.50. The van der Waals surface area contributed by atoms with Crippen LogP contribution >= 0.6 is 8.25 Å². The minimum Gasteiger partial charge on any atom is -1.00 e. The van der Waals surface area contributed by atoms with Gasteiger partial charge < -0.3 is 2.85 Å². The van der Waals surface area contributed by atoms with Crippen molar-refractivity contribution in [3.05, 3.63) is 0 Å². The summed E-state index contributed by atoms with van der Waals surface area (Å²) in [5, 5.41) is 0. The van der Waals surface area contributed by atoms with Gasteiger partial charge in [0.05, 0.1) is 0 Å². The average Bonchev–Trinajstić information content (AvgIpc) is 1.58. The summed E-state index contributed by atoms with van der Waals surface area (Å²) in [6, 6.07) is 0. The summed E-state index contributed by atoms with van der Waals surface area (Å²) >= 11 is 0. The van der Waals surface area contributed by atoms with Gasteiger partial charge in [0, 0.05) is 18.4 Å². The number of hydrogen-bond acceptors (Lipinski definition) is 5. The van der Waals surface area contributed by atoms with E-state index in [1.54, 1.807) is 0 Å². The number of hydrogen-bond donors (Lipinski definition) is 0. The second kappa shape index (κ2) is 6.98. The third-order valence-electron chi connectivity index (χ3n) is 0.406. The van der Waals surface area contributed by atoms with Gasteiger partial charge in [-0.1, -0.05) is 0 Å². The molecule has 0 spiro atoms. The fourth-order valence-electron chi connectivity index (χ4n) is 0.229. The fraction of sp³-hybridized carbons (Fsp3) is 0.500. The van der Waals surface area contributed by atoms with Crippen molar-refractivity contribution in [2.75, 3.05) is 0 Å². The van der Waals surface area contributed by atoms with Gasteiger partial charge in [0.1, 0.15) is 0 Å². The zero-order valence-electron chi connectivity index (χ0n) is 8.20. The van der Waals surface area contributed by atoms with Crippen molar-refractivity contribution in [3.63, 3.8) is 0 Å². The molecule has 11 heavy (non-hydrogen) atoms. The maximum absolute atomic E-state index is 10.3. The molecule has 60 valence electrons. The van der Waals surface area contributed by atoms with E-state index in [1.807, 2.05) is 0 Å². The van der Waals surface area contributed by atoms with Crippen LogP contribution in [0.25, 0.3) is 0 Å². The molecule has 0 aliphatic carbocycles. The number of carbonyl (C=O) groups is 2. The minimum atomic E-state index is -2.61. The topological polar surface area (TPSA) is 69.7 Å². The van der Waals surface area contributed by atoms with E-state index in [1.165, 1.54) is 0 Å². The molecular formula is C4H8CaO5P+. The second-order valence-electron chi connectivity index (χ2n) is 1.39. The van der Waals surface area contributed by atoms with Gasteiger partial charge in [-0.05, 0) is 0 Å². The van der Waals surface area contributed by atoms with Crippen LogP contribution in [0.15, 0.2) is 0 Å². The van der Waals surface area contributed by atoms with E-state index in [9.17, 15) is 14.2 Å². The molecule has 0 fully saturated rings. The van der Waals surface area contributed by atoms with Gasteiger partial charge in [0.2, 0.25) is 0 Å². The van der Waals surface area contributed by atoms with Crippen LogP contribution in [0.3, 0.4) is 0 Å². The van der Waals surface area contributed by atoms with Crippen molar-refractivity contribution < 1.29 is 26.1 Å². The van der Waals surface area contributed by atoms with E-state index < -0.39 is 20.2 Å². The second-order valence-corrected chi connectivity index (χ2v) is 2.20. The van der Waals surface area contributed by atoms with Crippen molar-refractivity contribution >= 4 is 57.9 Å². The minimum absolute atomic E-state index is 0. The molecule has 0 radical (unpaired) electrons. The Balaban J connectivity index is -0.000000135. The zero-order valence-corrected chi connectivity index (χ0v) is 9.30. The van der Waals surface area contributed by atoms with Crippen LogP contribution < -0.4 is 0 Å². The van der Waals surface area contributed by atoms with Gasteiger partial charge in [-0.2, -0.15) is 9.05 Å². The quantitative estimate of drug-likeness (QED) is 0.490. The normalized spacial score (nSPS) is 7.45. The van der Waals surface area contributed by atoms with E-state index in [4.69, 9.17) is 0 Å². The van der Waals surface area contributed by atoms with Crippen molar-refractivity contribution in [1.29, 1.82) is 0 Å². The van der Waals surface area contributed by atoms with E-state index in [0.29, 0.717) is 0 Å². The Bertz CT molecular complexity index is 169. The van der Waals surface area contributed by atoms with Crippen LogP contribution in [-0.2, 0) is 23.2 Å². The summed E-state index contributed by atoms with van der Waals surface area (Å²) in [5.41, 5.74) is 0. The first-order valence-corrected chi connectivity index (χ1v) is 3.46. The molecule has 0 aliphatic rings. The van der Waals surface area contributed by atoms with Crippen molar-refractivity contribution in [2.24, 2.45) is 0 Å². The van der Waals surface area contributed by atoms with E-state index in [2.05, 4.69) is 9.05 Å². The molecule has 0 aromatic heterocycles. The fourth-order valence-corrected chi connectivity index (χ4v) is 0.686. The molecule has 0 heterocycles. The van der Waals surface area contributed by atoms with Crippen LogP contribution in [0.1, 0.15) is 16.7 Å². The first-order valence-electron chi connectivity index (χ1n) is 2.36. The van der Waals surface area contributed by atoms with Gasteiger partial charge in [0.15, 0.2) is 0 Å². The molecule has 0 unspecified atom stereocenters. The summed E-state index contributed by atoms with van der Waals surface area (Å²) < 4.78 is 18.3. The summed E-state index contributed by atoms with van der Waals surface area (Å²) in [6.07, 6.45) is 0.